The molecule has 3 nitrogen and oxygen atoms in total. The first kappa shape index (κ1) is 19.8. The first-order valence-electron chi connectivity index (χ1n) is 9.04. The molecule has 0 unspecified atom stereocenters. The van der Waals surface area contributed by atoms with E-state index in [4.69, 9.17) is 4.98 Å². The summed E-state index contributed by atoms with van der Waals surface area (Å²) < 4.78 is 13.4. The zero-order valence-corrected chi connectivity index (χ0v) is 17.4. The Bertz CT molecular complexity index is 847. The molecule has 1 aromatic carbocycles. The van der Waals surface area contributed by atoms with Crippen LogP contribution in [-0.2, 0) is 0 Å². The number of anilines is 1. The largest absolute Gasteiger partial charge is 0.348 e. The molecule has 2 aromatic rings. The van der Waals surface area contributed by atoms with Gasteiger partial charge in [-0.25, -0.2) is 9.37 Å². The number of benzene rings is 1. The Labute approximate surface area is 168 Å². The molecule has 1 aromatic heterocycles. The smallest absolute Gasteiger partial charge is 0.186 e. The molecule has 1 aliphatic heterocycles. The number of piperidine rings is 1. The Morgan fingerprint density at radius 2 is 1.96 bits per heavy atom. The van der Waals surface area contributed by atoms with Crippen molar-refractivity contribution in [2.75, 3.05) is 24.2 Å². The van der Waals surface area contributed by atoms with Gasteiger partial charge in [0.1, 0.15) is 5.82 Å². The molecule has 0 atom stereocenters. The van der Waals surface area contributed by atoms with E-state index in [-0.39, 0.29) is 5.82 Å². The highest BCUT2D eigenvalue weighted by Gasteiger charge is 2.20. The van der Waals surface area contributed by atoms with Gasteiger partial charge >= 0.3 is 0 Å². The van der Waals surface area contributed by atoms with Gasteiger partial charge in [0.15, 0.2) is 5.13 Å². The van der Waals surface area contributed by atoms with Crippen molar-refractivity contribution in [3.63, 3.8) is 0 Å². The van der Waals surface area contributed by atoms with E-state index in [1.54, 1.807) is 41.4 Å². The predicted octanol–water partition coefficient (Wildman–Crippen LogP) is 6.25. The van der Waals surface area contributed by atoms with Crippen molar-refractivity contribution < 1.29 is 4.39 Å². The number of allylic oxidation sites excluding steroid dienone is 2. The number of thioether (sulfide) groups is 1. The minimum absolute atomic E-state index is 0.243. The van der Waals surface area contributed by atoms with Crippen LogP contribution >= 0.6 is 23.1 Å². The first-order chi connectivity index (χ1) is 13.1. The third kappa shape index (κ3) is 5.08. The van der Waals surface area contributed by atoms with Gasteiger partial charge in [0.05, 0.1) is 15.6 Å². The van der Waals surface area contributed by atoms with Gasteiger partial charge in [-0.05, 0) is 68.4 Å². The maximum Gasteiger partial charge on any atom is 0.186 e. The standard InChI is InChI=1S/C21H24FN3S2/c1-15(11-12-23-16(2)26-3)20-19(17-7-9-18(22)10-8-17)24-21(27-20)25-13-5-4-6-14-25/h7-12H,1,4-6,13-14H2,2-3H3/b12-11-,23-16?. The average molecular weight is 402 g/mol. The molecule has 6 heteroatoms. The molecule has 0 N–H and O–H groups in total. The lowest BCUT2D eigenvalue weighted by Crippen LogP contribution is -2.29. The highest BCUT2D eigenvalue weighted by atomic mass is 32.2. The Hall–Kier alpha value is -1.92. The fourth-order valence-electron chi connectivity index (χ4n) is 2.91. The normalized spacial score (nSPS) is 15.5. The molecule has 0 spiro atoms. The lowest BCUT2D eigenvalue weighted by atomic mass is 10.1. The van der Waals surface area contributed by atoms with Gasteiger partial charge in [-0.2, -0.15) is 0 Å². The van der Waals surface area contributed by atoms with Crippen molar-refractivity contribution in [2.24, 2.45) is 4.99 Å². The maximum atomic E-state index is 13.4. The topological polar surface area (TPSA) is 28.5 Å². The molecule has 0 amide bonds. The number of aliphatic imine (C=N–C) groups is 1. The highest BCUT2D eigenvalue weighted by molar-refractivity contribution is 8.13. The van der Waals surface area contributed by atoms with Crippen LogP contribution in [-0.4, -0.2) is 29.4 Å². The number of halogens is 1. The Morgan fingerprint density at radius 3 is 2.63 bits per heavy atom. The Kier molecular flexibility index (Phi) is 6.85. The summed E-state index contributed by atoms with van der Waals surface area (Å²) >= 11 is 3.27. The molecule has 27 heavy (non-hydrogen) atoms. The molecule has 1 fully saturated rings. The van der Waals surface area contributed by atoms with E-state index in [1.165, 1.54) is 31.4 Å². The van der Waals surface area contributed by atoms with Gasteiger partial charge in [-0.1, -0.05) is 17.9 Å². The van der Waals surface area contributed by atoms with Crippen LogP contribution in [0, 0.1) is 5.82 Å². The molecule has 2 heterocycles. The quantitative estimate of drug-likeness (QED) is 0.337. The minimum atomic E-state index is -0.243. The summed E-state index contributed by atoms with van der Waals surface area (Å²) in [7, 11) is 0. The summed E-state index contributed by atoms with van der Waals surface area (Å²) in [6.07, 6.45) is 9.38. The van der Waals surface area contributed by atoms with E-state index in [2.05, 4.69) is 16.5 Å². The van der Waals surface area contributed by atoms with Crippen molar-refractivity contribution in [3.8, 4) is 11.3 Å². The van der Waals surface area contributed by atoms with E-state index in [9.17, 15) is 4.39 Å². The number of hydrogen-bond acceptors (Lipinski definition) is 5. The number of hydrogen-bond donors (Lipinski definition) is 0. The van der Waals surface area contributed by atoms with Gasteiger partial charge in [-0.3, -0.25) is 4.99 Å². The number of rotatable bonds is 5. The van der Waals surface area contributed by atoms with Crippen molar-refractivity contribution in [2.45, 2.75) is 26.2 Å². The molecule has 0 bridgehead atoms. The Morgan fingerprint density at radius 1 is 1.26 bits per heavy atom. The lowest BCUT2D eigenvalue weighted by Gasteiger charge is -2.25. The molecule has 1 saturated heterocycles. The second-order valence-electron chi connectivity index (χ2n) is 6.42. The van der Waals surface area contributed by atoms with Crippen LogP contribution in [0.25, 0.3) is 16.8 Å². The second-order valence-corrected chi connectivity index (χ2v) is 8.40. The SMILES string of the molecule is C=C(/C=C\N=C(C)SC)c1sc(N2CCCCC2)nc1-c1ccc(F)cc1. The van der Waals surface area contributed by atoms with Crippen molar-refractivity contribution in [1.29, 1.82) is 0 Å². The van der Waals surface area contributed by atoms with Gasteiger partial charge < -0.3 is 4.90 Å². The van der Waals surface area contributed by atoms with E-state index in [0.29, 0.717) is 0 Å². The molecule has 0 radical (unpaired) electrons. The number of thiazole rings is 1. The lowest BCUT2D eigenvalue weighted by molar-refractivity contribution is 0.577. The third-order valence-corrected chi connectivity index (χ3v) is 6.37. The molecule has 3 rings (SSSR count). The maximum absolute atomic E-state index is 13.4. The first-order valence-corrected chi connectivity index (χ1v) is 11.1. The van der Waals surface area contributed by atoms with E-state index in [1.807, 2.05) is 19.3 Å². The Balaban J connectivity index is 1.95. The van der Waals surface area contributed by atoms with E-state index in [0.717, 1.165) is 45.0 Å². The summed E-state index contributed by atoms with van der Waals surface area (Å²) in [6.45, 7) is 8.27. The fraction of sp³-hybridized carbons (Fsp3) is 0.333. The van der Waals surface area contributed by atoms with Crippen LogP contribution in [0.5, 0.6) is 0 Å². The molecular weight excluding hydrogens is 377 g/mol. The molecule has 1 aliphatic rings. The average Bonchev–Trinajstić information content (AvgIpc) is 3.14. The van der Waals surface area contributed by atoms with Gasteiger partial charge in [0.25, 0.3) is 0 Å². The third-order valence-electron chi connectivity index (χ3n) is 4.48. The summed E-state index contributed by atoms with van der Waals surface area (Å²) in [5.74, 6) is -0.243. The molecule has 0 aliphatic carbocycles. The van der Waals surface area contributed by atoms with Crippen LogP contribution in [0.4, 0.5) is 9.52 Å². The summed E-state index contributed by atoms with van der Waals surface area (Å²) in [6, 6.07) is 6.51. The van der Waals surface area contributed by atoms with Crippen molar-refractivity contribution in [1.82, 2.24) is 4.98 Å². The summed E-state index contributed by atoms with van der Waals surface area (Å²) in [4.78, 5) is 12.6. The number of aromatic nitrogens is 1. The van der Waals surface area contributed by atoms with Crippen LogP contribution < -0.4 is 4.90 Å². The second kappa shape index (κ2) is 9.33. The highest BCUT2D eigenvalue weighted by Crippen LogP contribution is 2.38. The van der Waals surface area contributed by atoms with Crippen molar-refractivity contribution >= 4 is 38.8 Å². The van der Waals surface area contributed by atoms with Gasteiger partial charge in [0.2, 0.25) is 0 Å². The van der Waals surface area contributed by atoms with Crippen LogP contribution in [0.15, 0.2) is 48.1 Å². The van der Waals surface area contributed by atoms with Crippen LogP contribution in [0.3, 0.4) is 0 Å². The molecular formula is C21H24FN3S2. The summed E-state index contributed by atoms with van der Waals surface area (Å²) in [5.41, 5.74) is 2.64. The predicted molar refractivity (Wildman–Crippen MR) is 118 cm³/mol. The van der Waals surface area contributed by atoms with Crippen LogP contribution in [0.2, 0.25) is 0 Å². The number of nitrogens with zero attached hydrogens (tertiary/aromatic N) is 3. The van der Waals surface area contributed by atoms with Gasteiger partial charge in [0, 0.05) is 24.9 Å². The fourth-order valence-corrected chi connectivity index (χ4v) is 4.17. The molecule has 0 saturated carbocycles. The van der Waals surface area contributed by atoms with E-state index >= 15 is 0 Å². The molecule has 142 valence electrons. The summed E-state index contributed by atoms with van der Waals surface area (Å²) in [5, 5.41) is 2.01. The monoisotopic (exact) mass is 401 g/mol. The zero-order valence-electron chi connectivity index (χ0n) is 15.7. The van der Waals surface area contributed by atoms with Gasteiger partial charge in [-0.15, -0.1) is 11.8 Å². The minimum Gasteiger partial charge on any atom is -0.348 e. The van der Waals surface area contributed by atoms with Crippen molar-refractivity contribution in [3.05, 3.63) is 53.8 Å². The van der Waals surface area contributed by atoms with Crippen LogP contribution in [0.1, 0.15) is 31.1 Å². The van der Waals surface area contributed by atoms with E-state index < -0.39 is 0 Å². The zero-order chi connectivity index (χ0) is 19.2.